The van der Waals surface area contributed by atoms with Crippen molar-refractivity contribution in [3.63, 3.8) is 0 Å². The number of aryl methyl sites for hydroxylation is 1. The lowest BCUT2D eigenvalue weighted by Gasteiger charge is -2.32. The molecule has 2 heterocycles. The first kappa shape index (κ1) is 25.0. The molecule has 0 aliphatic carbocycles. The molecule has 7 nitrogen and oxygen atoms in total. The number of hydrogen-bond donors (Lipinski definition) is 3. The highest BCUT2D eigenvalue weighted by atomic mass is 16.5. The fourth-order valence-corrected chi connectivity index (χ4v) is 4.32. The fraction of sp³-hybridized carbons (Fsp3) is 0.393. The van der Waals surface area contributed by atoms with Crippen LogP contribution in [0.1, 0.15) is 35.6 Å². The van der Waals surface area contributed by atoms with Gasteiger partial charge in [0, 0.05) is 44.5 Å². The van der Waals surface area contributed by atoms with E-state index in [-0.39, 0.29) is 11.9 Å². The van der Waals surface area contributed by atoms with Crippen LogP contribution in [0.2, 0.25) is 0 Å². The minimum atomic E-state index is 0.0564. The molecule has 0 spiro atoms. The molecule has 3 N–H and O–H groups in total. The van der Waals surface area contributed by atoms with Crippen molar-refractivity contribution in [1.82, 2.24) is 10.3 Å². The summed E-state index contributed by atoms with van der Waals surface area (Å²) in [6.07, 6.45) is 1.93. The Morgan fingerprint density at radius 3 is 2.77 bits per heavy atom. The Morgan fingerprint density at radius 2 is 1.97 bits per heavy atom. The molecule has 2 aromatic carbocycles. The highest BCUT2D eigenvalue weighted by Crippen LogP contribution is 2.31. The Kier molecular flexibility index (Phi) is 8.95. The standard InChI is InChI=1S/C28H35N3O4/c1-20-5-3-6-28(31-20)35-23-10-8-22(9-11-23)24-13-15-29-18-27(24)34-19-21-7-12-26(32)25(17-21)30-14-4-16-33-2/h3,5-12,17,24,27,29-30,32H,4,13-16,18-19H2,1-2H3/t24-,27?/m1/s1. The van der Waals surface area contributed by atoms with Crippen molar-refractivity contribution < 1.29 is 19.3 Å². The van der Waals surface area contributed by atoms with Crippen LogP contribution >= 0.6 is 0 Å². The van der Waals surface area contributed by atoms with Gasteiger partial charge in [-0.1, -0.05) is 24.3 Å². The second-order valence-electron chi connectivity index (χ2n) is 8.86. The molecular weight excluding hydrogens is 442 g/mol. The van der Waals surface area contributed by atoms with Crippen molar-refractivity contribution in [2.24, 2.45) is 0 Å². The van der Waals surface area contributed by atoms with Gasteiger partial charge in [0.2, 0.25) is 5.88 Å². The lowest BCUT2D eigenvalue weighted by Crippen LogP contribution is -2.40. The first-order valence-corrected chi connectivity index (χ1v) is 12.2. The number of phenols is 1. The van der Waals surface area contributed by atoms with Crippen LogP contribution < -0.4 is 15.4 Å². The van der Waals surface area contributed by atoms with E-state index >= 15 is 0 Å². The summed E-state index contributed by atoms with van der Waals surface area (Å²) < 4.78 is 17.4. The molecule has 3 aromatic rings. The molecule has 0 radical (unpaired) electrons. The normalized spacial score (nSPS) is 17.8. The van der Waals surface area contributed by atoms with Gasteiger partial charge >= 0.3 is 0 Å². The summed E-state index contributed by atoms with van der Waals surface area (Å²) in [6, 6.07) is 19.6. The van der Waals surface area contributed by atoms with Gasteiger partial charge < -0.3 is 30.0 Å². The molecule has 4 rings (SSSR count). The summed E-state index contributed by atoms with van der Waals surface area (Å²) in [6.45, 7) is 5.62. The Bertz CT molecular complexity index is 1070. The molecule has 1 aliphatic rings. The predicted octanol–water partition coefficient (Wildman–Crippen LogP) is 5.00. The smallest absolute Gasteiger partial charge is 0.219 e. The molecule has 1 fully saturated rings. The van der Waals surface area contributed by atoms with E-state index in [9.17, 15) is 5.11 Å². The van der Waals surface area contributed by atoms with Crippen LogP contribution in [-0.2, 0) is 16.1 Å². The van der Waals surface area contributed by atoms with E-state index < -0.39 is 0 Å². The highest BCUT2D eigenvalue weighted by Gasteiger charge is 2.27. The quantitative estimate of drug-likeness (QED) is 0.265. The maximum atomic E-state index is 10.2. The van der Waals surface area contributed by atoms with E-state index in [1.165, 1.54) is 5.56 Å². The molecule has 186 valence electrons. The van der Waals surface area contributed by atoms with Crippen LogP contribution in [0.25, 0.3) is 0 Å². The van der Waals surface area contributed by atoms with Crippen molar-refractivity contribution in [1.29, 1.82) is 0 Å². The third-order valence-corrected chi connectivity index (χ3v) is 6.19. The van der Waals surface area contributed by atoms with Gasteiger partial charge in [-0.25, -0.2) is 4.98 Å². The first-order valence-electron chi connectivity index (χ1n) is 12.2. The van der Waals surface area contributed by atoms with Crippen molar-refractivity contribution in [3.8, 4) is 17.4 Å². The topological polar surface area (TPSA) is 84.9 Å². The average molecular weight is 478 g/mol. The summed E-state index contributed by atoms with van der Waals surface area (Å²) in [5.41, 5.74) is 3.92. The second-order valence-corrected chi connectivity index (χ2v) is 8.86. The molecule has 1 unspecified atom stereocenters. The molecule has 0 bridgehead atoms. The number of aromatic hydroxyl groups is 1. The van der Waals surface area contributed by atoms with Gasteiger partial charge in [0.1, 0.15) is 11.5 Å². The number of hydrogen-bond acceptors (Lipinski definition) is 7. The minimum absolute atomic E-state index is 0.0564. The number of aromatic nitrogens is 1. The molecule has 0 saturated carbocycles. The molecule has 1 aliphatic heterocycles. The van der Waals surface area contributed by atoms with Crippen LogP contribution in [0.15, 0.2) is 60.7 Å². The van der Waals surface area contributed by atoms with Gasteiger partial charge in [-0.3, -0.25) is 0 Å². The zero-order valence-corrected chi connectivity index (χ0v) is 20.5. The van der Waals surface area contributed by atoms with Crippen molar-refractivity contribution in [2.45, 2.75) is 38.4 Å². The number of nitrogens with zero attached hydrogens (tertiary/aromatic N) is 1. The summed E-state index contributed by atoms with van der Waals surface area (Å²) in [5, 5.41) is 16.9. The number of benzene rings is 2. The Labute approximate surface area is 207 Å². The van der Waals surface area contributed by atoms with E-state index in [0.717, 1.165) is 55.2 Å². The van der Waals surface area contributed by atoms with Crippen LogP contribution in [0.5, 0.6) is 17.4 Å². The van der Waals surface area contributed by atoms with E-state index in [2.05, 4.69) is 27.8 Å². The molecule has 0 amide bonds. The molecule has 2 atom stereocenters. The van der Waals surface area contributed by atoms with Gasteiger partial charge in [-0.05, 0) is 67.8 Å². The first-order chi connectivity index (χ1) is 17.1. The molecular formula is C28H35N3O4. The van der Waals surface area contributed by atoms with Gasteiger partial charge in [-0.2, -0.15) is 0 Å². The van der Waals surface area contributed by atoms with E-state index in [4.69, 9.17) is 14.2 Å². The highest BCUT2D eigenvalue weighted by molar-refractivity contribution is 5.57. The number of phenolic OH excluding ortho intramolecular Hbond substituents is 1. The van der Waals surface area contributed by atoms with Crippen LogP contribution in [0.3, 0.4) is 0 Å². The molecule has 1 aromatic heterocycles. The summed E-state index contributed by atoms with van der Waals surface area (Å²) in [7, 11) is 1.69. The monoisotopic (exact) mass is 477 g/mol. The largest absolute Gasteiger partial charge is 0.506 e. The lowest BCUT2D eigenvalue weighted by atomic mass is 9.87. The van der Waals surface area contributed by atoms with Crippen molar-refractivity contribution >= 4 is 5.69 Å². The van der Waals surface area contributed by atoms with Crippen LogP contribution in [0, 0.1) is 6.92 Å². The summed E-state index contributed by atoms with van der Waals surface area (Å²) in [4.78, 5) is 4.41. The number of ether oxygens (including phenoxy) is 3. The van der Waals surface area contributed by atoms with Crippen LogP contribution in [0.4, 0.5) is 5.69 Å². The minimum Gasteiger partial charge on any atom is -0.506 e. The zero-order chi connectivity index (χ0) is 24.5. The lowest BCUT2D eigenvalue weighted by molar-refractivity contribution is 0.0106. The molecule has 1 saturated heterocycles. The third-order valence-electron chi connectivity index (χ3n) is 6.19. The predicted molar refractivity (Wildman–Crippen MR) is 137 cm³/mol. The number of rotatable bonds is 11. The fourth-order valence-electron chi connectivity index (χ4n) is 4.32. The maximum Gasteiger partial charge on any atom is 0.219 e. The Hall–Kier alpha value is -3.13. The van der Waals surface area contributed by atoms with E-state index in [0.29, 0.717) is 25.0 Å². The van der Waals surface area contributed by atoms with E-state index in [1.807, 2.05) is 49.4 Å². The van der Waals surface area contributed by atoms with Crippen molar-refractivity contribution in [3.05, 3.63) is 77.5 Å². The van der Waals surface area contributed by atoms with Gasteiger partial charge in [0.15, 0.2) is 0 Å². The Balaban J connectivity index is 1.36. The Morgan fingerprint density at radius 1 is 1.11 bits per heavy atom. The van der Waals surface area contributed by atoms with Gasteiger partial charge in [0.25, 0.3) is 0 Å². The number of piperidine rings is 1. The number of anilines is 1. The summed E-state index contributed by atoms with van der Waals surface area (Å²) in [5.74, 6) is 1.91. The van der Waals surface area contributed by atoms with Crippen LogP contribution in [-0.4, -0.2) is 49.5 Å². The second kappa shape index (κ2) is 12.5. The maximum absolute atomic E-state index is 10.2. The number of pyridine rings is 1. The van der Waals surface area contributed by atoms with Gasteiger partial charge in [0.05, 0.1) is 18.4 Å². The van der Waals surface area contributed by atoms with Crippen molar-refractivity contribution in [2.75, 3.05) is 38.7 Å². The number of nitrogens with one attached hydrogen (secondary N) is 2. The van der Waals surface area contributed by atoms with E-state index in [1.54, 1.807) is 13.2 Å². The number of methoxy groups -OCH3 is 1. The molecule has 7 heteroatoms. The molecule has 35 heavy (non-hydrogen) atoms. The third kappa shape index (κ3) is 7.18. The zero-order valence-electron chi connectivity index (χ0n) is 20.5. The van der Waals surface area contributed by atoms with Gasteiger partial charge in [-0.15, -0.1) is 0 Å². The summed E-state index contributed by atoms with van der Waals surface area (Å²) >= 11 is 0. The average Bonchev–Trinajstić information content (AvgIpc) is 2.87. The SMILES string of the molecule is COCCCNc1cc(COC2CNCC[C@@H]2c2ccc(Oc3cccc(C)n3)cc2)ccc1O.